The second kappa shape index (κ2) is 6.29. The number of imidazole rings is 1. The molecule has 3 rings (SSSR count). The standard InChI is InChI=1S/C17H17ClN2O/c18-14-7-8-15-16(12-14)20(9-4-10-21)17(19-15)11-13-5-2-1-3-6-13/h1-3,5-8,12,21H,4,9-11H2. The Morgan fingerprint density at radius 1 is 1.10 bits per heavy atom. The van der Waals surface area contributed by atoms with E-state index >= 15 is 0 Å². The summed E-state index contributed by atoms with van der Waals surface area (Å²) in [5.41, 5.74) is 3.20. The summed E-state index contributed by atoms with van der Waals surface area (Å²) in [4.78, 5) is 4.72. The Kier molecular flexibility index (Phi) is 4.23. The van der Waals surface area contributed by atoms with E-state index in [2.05, 4.69) is 16.7 Å². The summed E-state index contributed by atoms with van der Waals surface area (Å²) >= 11 is 6.10. The highest BCUT2D eigenvalue weighted by Gasteiger charge is 2.11. The number of hydrogen-bond donors (Lipinski definition) is 1. The fraction of sp³-hybridized carbons (Fsp3) is 0.235. The third-order valence-corrected chi connectivity index (χ3v) is 3.77. The van der Waals surface area contributed by atoms with E-state index in [0.717, 1.165) is 29.8 Å². The summed E-state index contributed by atoms with van der Waals surface area (Å²) in [6.07, 6.45) is 1.48. The van der Waals surface area contributed by atoms with Crippen LogP contribution >= 0.6 is 11.6 Å². The zero-order chi connectivity index (χ0) is 14.7. The summed E-state index contributed by atoms with van der Waals surface area (Å²) in [6.45, 7) is 0.917. The second-order valence-corrected chi connectivity index (χ2v) is 5.49. The van der Waals surface area contributed by atoms with Crippen molar-refractivity contribution in [3.05, 3.63) is 64.9 Å². The van der Waals surface area contributed by atoms with Crippen LogP contribution < -0.4 is 0 Å². The van der Waals surface area contributed by atoms with E-state index in [1.807, 2.05) is 36.4 Å². The number of halogens is 1. The lowest BCUT2D eigenvalue weighted by Crippen LogP contribution is -2.06. The lowest BCUT2D eigenvalue weighted by molar-refractivity contribution is 0.280. The molecule has 108 valence electrons. The van der Waals surface area contributed by atoms with Gasteiger partial charge in [0.25, 0.3) is 0 Å². The third-order valence-electron chi connectivity index (χ3n) is 3.53. The molecule has 0 radical (unpaired) electrons. The van der Waals surface area contributed by atoms with Crippen LogP contribution in [0.15, 0.2) is 48.5 Å². The molecule has 1 heterocycles. The van der Waals surface area contributed by atoms with E-state index < -0.39 is 0 Å². The van der Waals surface area contributed by atoms with E-state index in [9.17, 15) is 0 Å². The van der Waals surface area contributed by atoms with Crippen molar-refractivity contribution >= 4 is 22.6 Å². The number of benzene rings is 2. The Morgan fingerprint density at radius 2 is 1.90 bits per heavy atom. The minimum Gasteiger partial charge on any atom is -0.396 e. The van der Waals surface area contributed by atoms with E-state index in [-0.39, 0.29) is 6.61 Å². The van der Waals surface area contributed by atoms with E-state index in [1.54, 1.807) is 0 Å². The first-order valence-corrected chi connectivity index (χ1v) is 7.45. The average molecular weight is 301 g/mol. The number of aryl methyl sites for hydroxylation is 1. The molecule has 0 unspecified atom stereocenters. The summed E-state index contributed by atoms with van der Waals surface area (Å²) < 4.78 is 2.16. The molecule has 1 N–H and O–H groups in total. The van der Waals surface area contributed by atoms with Gasteiger partial charge in [-0.2, -0.15) is 0 Å². The fourth-order valence-electron chi connectivity index (χ4n) is 2.54. The predicted molar refractivity (Wildman–Crippen MR) is 85.7 cm³/mol. The van der Waals surface area contributed by atoms with Gasteiger partial charge in [0.2, 0.25) is 0 Å². The predicted octanol–water partition coefficient (Wildman–Crippen LogP) is 3.66. The van der Waals surface area contributed by atoms with Crippen LogP contribution in [0.5, 0.6) is 0 Å². The Morgan fingerprint density at radius 3 is 2.67 bits per heavy atom. The third kappa shape index (κ3) is 3.09. The zero-order valence-electron chi connectivity index (χ0n) is 11.7. The van der Waals surface area contributed by atoms with Gasteiger partial charge in [0, 0.05) is 24.6 Å². The van der Waals surface area contributed by atoms with Crippen LogP contribution in [-0.2, 0) is 13.0 Å². The number of aliphatic hydroxyl groups excluding tert-OH is 1. The quantitative estimate of drug-likeness (QED) is 0.781. The summed E-state index contributed by atoms with van der Waals surface area (Å²) in [5.74, 6) is 1.01. The molecule has 2 aromatic carbocycles. The SMILES string of the molecule is OCCCn1c(Cc2ccccc2)nc2ccc(Cl)cc21. The molecule has 0 fully saturated rings. The average Bonchev–Trinajstić information content (AvgIpc) is 2.83. The number of rotatable bonds is 5. The number of aromatic nitrogens is 2. The molecular formula is C17H17ClN2O. The monoisotopic (exact) mass is 300 g/mol. The van der Waals surface area contributed by atoms with Crippen LogP contribution in [-0.4, -0.2) is 21.3 Å². The van der Waals surface area contributed by atoms with Crippen LogP contribution in [0, 0.1) is 0 Å². The molecule has 21 heavy (non-hydrogen) atoms. The molecule has 1 aromatic heterocycles. The van der Waals surface area contributed by atoms with Gasteiger partial charge < -0.3 is 9.67 Å². The number of nitrogens with zero attached hydrogens (tertiary/aromatic N) is 2. The molecule has 0 amide bonds. The van der Waals surface area contributed by atoms with Crippen LogP contribution in [0.4, 0.5) is 0 Å². The van der Waals surface area contributed by atoms with Crippen molar-refractivity contribution in [3.63, 3.8) is 0 Å². The highest BCUT2D eigenvalue weighted by molar-refractivity contribution is 6.31. The molecule has 0 aliphatic rings. The molecule has 0 spiro atoms. The summed E-state index contributed by atoms with van der Waals surface area (Å²) in [5, 5.41) is 9.82. The maximum absolute atomic E-state index is 9.11. The number of aliphatic hydroxyl groups is 1. The van der Waals surface area contributed by atoms with Gasteiger partial charge >= 0.3 is 0 Å². The Balaban J connectivity index is 2.03. The van der Waals surface area contributed by atoms with Gasteiger partial charge in [-0.15, -0.1) is 0 Å². The smallest absolute Gasteiger partial charge is 0.114 e. The highest BCUT2D eigenvalue weighted by atomic mass is 35.5. The van der Waals surface area contributed by atoms with Gasteiger partial charge in [-0.1, -0.05) is 41.9 Å². The van der Waals surface area contributed by atoms with Crippen molar-refractivity contribution in [2.45, 2.75) is 19.4 Å². The van der Waals surface area contributed by atoms with Crippen molar-refractivity contribution in [1.82, 2.24) is 9.55 Å². The van der Waals surface area contributed by atoms with Crippen molar-refractivity contribution in [2.24, 2.45) is 0 Å². The first kappa shape index (κ1) is 14.1. The first-order chi connectivity index (χ1) is 10.3. The Labute approximate surface area is 128 Å². The molecule has 0 saturated heterocycles. The van der Waals surface area contributed by atoms with Crippen molar-refractivity contribution in [3.8, 4) is 0 Å². The molecule has 0 bridgehead atoms. The van der Waals surface area contributed by atoms with Gasteiger partial charge in [-0.05, 0) is 30.2 Å². The summed E-state index contributed by atoms with van der Waals surface area (Å²) in [7, 11) is 0. The van der Waals surface area contributed by atoms with Gasteiger partial charge in [0.05, 0.1) is 11.0 Å². The van der Waals surface area contributed by atoms with Gasteiger partial charge in [0.15, 0.2) is 0 Å². The molecule has 0 saturated carbocycles. The Hall–Kier alpha value is -1.84. The minimum absolute atomic E-state index is 0.172. The van der Waals surface area contributed by atoms with Crippen molar-refractivity contribution in [1.29, 1.82) is 0 Å². The molecule has 0 aliphatic carbocycles. The van der Waals surface area contributed by atoms with Crippen LogP contribution in [0.3, 0.4) is 0 Å². The maximum Gasteiger partial charge on any atom is 0.114 e. The van der Waals surface area contributed by atoms with E-state index in [4.69, 9.17) is 21.7 Å². The van der Waals surface area contributed by atoms with Crippen molar-refractivity contribution < 1.29 is 5.11 Å². The van der Waals surface area contributed by atoms with E-state index in [1.165, 1.54) is 5.56 Å². The van der Waals surface area contributed by atoms with E-state index in [0.29, 0.717) is 11.4 Å². The molecule has 4 heteroatoms. The molecule has 3 nitrogen and oxygen atoms in total. The molecular weight excluding hydrogens is 284 g/mol. The maximum atomic E-state index is 9.11. The lowest BCUT2D eigenvalue weighted by Gasteiger charge is -2.08. The first-order valence-electron chi connectivity index (χ1n) is 7.07. The topological polar surface area (TPSA) is 38.0 Å². The number of hydrogen-bond acceptors (Lipinski definition) is 2. The van der Waals surface area contributed by atoms with Crippen LogP contribution in [0.1, 0.15) is 17.8 Å². The normalized spacial score (nSPS) is 11.1. The highest BCUT2D eigenvalue weighted by Crippen LogP contribution is 2.22. The second-order valence-electron chi connectivity index (χ2n) is 5.05. The molecule has 0 aliphatic heterocycles. The van der Waals surface area contributed by atoms with Crippen LogP contribution in [0.25, 0.3) is 11.0 Å². The molecule has 3 aromatic rings. The van der Waals surface area contributed by atoms with Crippen molar-refractivity contribution in [2.75, 3.05) is 6.61 Å². The Bertz CT molecular complexity index is 737. The fourth-order valence-corrected chi connectivity index (χ4v) is 2.70. The largest absolute Gasteiger partial charge is 0.396 e. The zero-order valence-corrected chi connectivity index (χ0v) is 12.4. The summed E-state index contributed by atoms with van der Waals surface area (Å²) in [6, 6.07) is 16.0. The molecule has 0 atom stereocenters. The lowest BCUT2D eigenvalue weighted by atomic mass is 10.1. The van der Waals surface area contributed by atoms with Gasteiger partial charge in [0.1, 0.15) is 5.82 Å². The van der Waals surface area contributed by atoms with Crippen LogP contribution in [0.2, 0.25) is 5.02 Å². The van der Waals surface area contributed by atoms with Gasteiger partial charge in [-0.25, -0.2) is 4.98 Å². The number of fused-ring (bicyclic) bond motifs is 1. The minimum atomic E-state index is 0.172. The van der Waals surface area contributed by atoms with Gasteiger partial charge in [-0.3, -0.25) is 0 Å².